The third-order valence-corrected chi connectivity index (χ3v) is 5.75. The normalized spacial score (nSPS) is 33.3. The number of carboxylic acids is 1. The monoisotopic (exact) mass is 311 g/mol. The number of nitrogens with two attached hydrogens (primary N) is 1. The van der Waals surface area contributed by atoms with E-state index in [0.29, 0.717) is 19.3 Å². The lowest BCUT2D eigenvalue weighted by Crippen LogP contribution is -2.41. The maximum Gasteiger partial charge on any atom is 0.457 e. The van der Waals surface area contributed by atoms with E-state index in [9.17, 15) is 9.90 Å². The molecule has 2 fully saturated rings. The summed E-state index contributed by atoms with van der Waals surface area (Å²) >= 11 is 0. The molecule has 0 radical (unpaired) electrons. The average molecular weight is 311 g/mol. The summed E-state index contributed by atoms with van der Waals surface area (Å²) < 4.78 is 11.9. The molecule has 1 aliphatic carbocycles. The van der Waals surface area contributed by atoms with Gasteiger partial charge in [-0.2, -0.15) is 0 Å². The van der Waals surface area contributed by atoms with Gasteiger partial charge in [0.2, 0.25) is 0 Å². The largest absolute Gasteiger partial charge is 0.481 e. The summed E-state index contributed by atoms with van der Waals surface area (Å²) in [7, 11) is -0.184. The highest BCUT2D eigenvalue weighted by Crippen LogP contribution is 2.43. The van der Waals surface area contributed by atoms with Gasteiger partial charge in [0.15, 0.2) is 0 Å². The van der Waals surface area contributed by atoms with E-state index < -0.39 is 11.4 Å². The topological polar surface area (TPSA) is 81.8 Å². The Balaban J connectivity index is 1.77. The van der Waals surface area contributed by atoms with Crippen LogP contribution in [-0.2, 0) is 14.1 Å². The van der Waals surface area contributed by atoms with Crippen LogP contribution < -0.4 is 5.73 Å². The van der Waals surface area contributed by atoms with Gasteiger partial charge in [-0.25, -0.2) is 0 Å². The lowest BCUT2D eigenvalue weighted by atomic mass is 9.77. The molecule has 0 unspecified atom stereocenters. The standard InChI is InChI=1S/C16H30BNO4/c1-14(2)15(3,4)22-17(21-14)10-6-5-8-16(13(19)20)9-7-12(18)11-16/h12H,5-11,18H2,1-4H3,(H,19,20)/t12-,16-/m0/s1. The van der Waals surface area contributed by atoms with Gasteiger partial charge in [0.1, 0.15) is 0 Å². The van der Waals surface area contributed by atoms with Crippen LogP contribution in [0.2, 0.25) is 6.32 Å². The van der Waals surface area contributed by atoms with Crippen LogP contribution in [-0.4, -0.2) is 35.4 Å². The van der Waals surface area contributed by atoms with Crippen molar-refractivity contribution >= 4 is 13.1 Å². The van der Waals surface area contributed by atoms with Crippen LogP contribution in [0.1, 0.15) is 66.2 Å². The third kappa shape index (κ3) is 3.49. The number of carboxylic acid groups (broad SMARTS) is 1. The molecule has 0 aromatic heterocycles. The summed E-state index contributed by atoms with van der Waals surface area (Å²) in [6.07, 6.45) is 5.46. The second-order valence-corrected chi connectivity index (χ2v) is 8.02. The van der Waals surface area contributed by atoms with E-state index in [2.05, 4.69) is 0 Å². The van der Waals surface area contributed by atoms with E-state index in [1.807, 2.05) is 27.7 Å². The first kappa shape index (κ1) is 17.8. The van der Waals surface area contributed by atoms with Crippen molar-refractivity contribution in [1.82, 2.24) is 0 Å². The number of aliphatic carboxylic acids is 1. The fraction of sp³-hybridized carbons (Fsp3) is 0.938. The number of rotatable bonds is 6. The molecule has 1 saturated heterocycles. The predicted molar refractivity (Wildman–Crippen MR) is 86.6 cm³/mol. The van der Waals surface area contributed by atoms with Crippen molar-refractivity contribution < 1.29 is 19.2 Å². The van der Waals surface area contributed by atoms with Crippen molar-refractivity contribution in [3.8, 4) is 0 Å². The summed E-state index contributed by atoms with van der Waals surface area (Å²) in [5.41, 5.74) is 4.72. The number of carbonyl (C=O) groups is 1. The third-order valence-electron chi connectivity index (χ3n) is 5.75. The van der Waals surface area contributed by atoms with Crippen molar-refractivity contribution in [3.63, 3.8) is 0 Å². The molecular weight excluding hydrogens is 281 g/mol. The second-order valence-electron chi connectivity index (χ2n) is 8.02. The Bertz CT molecular complexity index is 410. The van der Waals surface area contributed by atoms with Gasteiger partial charge in [0.05, 0.1) is 16.6 Å². The molecular formula is C16H30BNO4. The van der Waals surface area contributed by atoms with Gasteiger partial charge in [0, 0.05) is 6.04 Å². The molecule has 0 bridgehead atoms. The van der Waals surface area contributed by atoms with E-state index >= 15 is 0 Å². The van der Waals surface area contributed by atoms with Gasteiger partial charge in [-0.3, -0.25) is 4.79 Å². The zero-order valence-corrected chi connectivity index (χ0v) is 14.4. The van der Waals surface area contributed by atoms with Gasteiger partial charge in [-0.1, -0.05) is 12.8 Å². The van der Waals surface area contributed by atoms with E-state index in [1.165, 1.54) is 0 Å². The van der Waals surface area contributed by atoms with Crippen LogP contribution in [0.3, 0.4) is 0 Å². The van der Waals surface area contributed by atoms with E-state index in [4.69, 9.17) is 15.0 Å². The van der Waals surface area contributed by atoms with Gasteiger partial charge >= 0.3 is 13.1 Å². The summed E-state index contributed by atoms with van der Waals surface area (Å²) in [5, 5.41) is 9.52. The second kappa shape index (κ2) is 6.14. The van der Waals surface area contributed by atoms with E-state index in [1.54, 1.807) is 0 Å². The molecule has 22 heavy (non-hydrogen) atoms. The molecule has 0 aromatic carbocycles. The molecule has 0 spiro atoms. The lowest BCUT2D eigenvalue weighted by molar-refractivity contribution is -0.149. The first-order valence-corrected chi connectivity index (χ1v) is 8.43. The van der Waals surface area contributed by atoms with Crippen molar-refractivity contribution in [3.05, 3.63) is 0 Å². The number of hydrogen-bond donors (Lipinski definition) is 2. The Morgan fingerprint density at radius 1 is 1.23 bits per heavy atom. The molecule has 2 rings (SSSR count). The highest BCUT2D eigenvalue weighted by Gasteiger charge is 2.50. The minimum absolute atomic E-state index is 0.0409. The Kier molecular flexibility index (Phi) is 4.95. The van der Waals surface area contributed by atoms with E-state index in [-0.39, 0.29) is 24.4 Å². The van der Waals surface area contributed by atoms with Crippen LogP contribution in [0.4, 0.5) is 0 Å². The molecule has 2 atom stereocenters. The summed E-state index contributed by atoms with van der Waals surface area (Å²) in [5.74, 6) is -0.684. The van der Waals surface area contributed by atoms with Crippen molar-refractivity contribution in [1.29, 1.82) is 0 Å². The predicted octanol–water partition coefficient (Wildman–Crippen LogP) is 2.83. The minimum Gasteiger partial charge on any atom is -0.481 e. The smallest absolute Gasteiger partial charge is 0.457 e. The number of unbranched alkanes of at least 4 members (excludes halogenated alkanes) is 1. The molecule has 126 valence electrons. The summed E-state index contributed by atoms with van der Waals surface area (Å²) in [6, 6.07) is 0.0409. The fourth-order valence-corrected chi connectivity index (χ4v) is 3.55. The number of hydrogen-bond acceptors (Lipinski definition) is 4. The Hall–Kier alpha value is -0.585. The molecule has 1 aliphatic heterocycles. The molecule has 5 nitrogen and oxygen atoms in total. The summed E-state index contributed by atoms with van der Waals surface area (Å²) in [6.45, 7) is 8.19. The average Bonchev–Trinajstić information content (AvgIpc) is 2.85. The molecule has 0 aromatic rings. The molecule has 2 aliphatic rings. The highest BCUT2D eigenvalue weighted by atomic mass is 16.7. The first-order valence-electron chi connectivity index (χ1n) is 8.43. The van der Waals surface area contributed by atoms with Gasteiger partial charge < -0.3 is 20.1 Å². The van der Waals surface area contributed by atoms with Crippen LogP contribution in [0.25, 0.3) is 0 Å². The molecule has 0 amide bonds. The van der Waals surface area contributed by atoms with E-state index in [0.717, 1.165) is 25.6 Å². The first-order chi connectivity index (χ1) is 10.1. The SMILES string of the molecule is CC1(C)OB(CCCC[C@]2(C(=O)O)CC[C@H](N)C2)OC1(C)C. The zero-order chi connectivity index (χ0) is 16.6. The lowest BCUT2D eigenvalue weighted by Gasteiger charge is -2.32. The van der Waals surface area contributed by atoms with Crippen molar-refractivity contribution in [2.75, 3.05) is 0 Å². The fourth-order valence-electron chi connectivity index (χ4n) is 3.55. The Morgan fingerprint density at radius 3 is 2.27 bits per heavy atom. The Morgan fingerprint density at radius 2 is 1.82 bits per heavy atom. The molecule has 3 N–H and O–H groups in total. The minimum atomic E-state index is -0.684. The van der Waals surface area contributed by atoms with Gasteiger partial charge in [-0.15, -0.1) is 0 Å². The highest BCUT2D eigenvalue weighted by molar-refractivity contribution is 6.45. The van der Waals surface area contributed by atoms with Crippen molar-refractivity contribution in [2.24, 2.45) is 11.1 Å². The molecule has 1 heterocycles. The van der Waals surface area contributed by atoms with Crippen LogP contribution in [0.5, 0.6) is 0 Å². The van der Waals surface area contributed by atoms with Gasteiger partial charge in [0.25, 0.3) is 0 Å². The summed E-state index contributed by atoms with van der Waals surface area (Å²) in [4.78, 5) is 11.6. The molecule has 6 heteroatoms. The van der Waals surface area contributed by atoms with Crippen LogP contribution >= 0.6 is 0 Å². The van der Waals surface area contributed by atoms with Crippen LogP contribution in [0.15, 0.2) is 0 Å². The van der Waals surface area contributed by atoms with Crippen molar-refractivity contribution in [2.45, 2.75) is 89.8 Å². The maximum atomic E-state index is 11.6. The molecule has 1 saturated carbocycles. The quantitative estimate of drug-likeness (QED) is 0.582. The zero-order valence-electron chi connectivity index (χ0n) is 14.4. The van der Waals surface area contributed by atoms with Crippen LogP contribution in [0, 0.1) is 5.41 Å². The Labute approximate surface area is 134 Å². The van der Waals surface area contributed by atoms with Gasteiger partial charge in [-0.05, 0) is 59.7 Å². The maximum absolute atomic E-state index is 11.6.